The topological polar surface area (TPSA) is 88.5 Å². The largest absolute Gasteiger partial charge is 0.384 e. The van der Waals surface area contributed by atoms with Crippen molar-refractivity contribution >= 4 is 28.9 Å². The Morgan fingerprint density at radius 1 is 1.47 bits per heavy atom. The summed E-state index contributed by atoms with van der Waals surface area (Å²) in [6, 6.07) is 1.91. The summed E-state index contributed by atoms with van der Waals surface area (Å²) in [6.07, 6.45) is 0. The fourth-order valence-electron chi connectivity index (χ4n) is 1.50. The number of nitrogen functional groups attached to an aromatic ring is 1. The zero-order chi connectivity index (χ0) is 12.4. The van der Waals surface area contributed by atoms with E-state index < -0.39 is 0 Å². The van der Waals surface area contributed by atoms with Gasteiger partial charge in [-0.25, -0.2) is 0 Å². The smallest absolute Gasteiger partial charge is 0.178 e. The van der Waals surface area contributed by atoms with Gasteiger partial charge in [0, 0.05) is 16.3 Å². The Kier molecular flexibility index (Phi) is 3.39. The van der Waals surface area contributed by atoms with Crippen LogP contribution in [-0.4, -0.2) is 21.0 Å². The van der Waals surface area contributed by atoms with E-state index in [1.165, 1.54) is 23.1 Å². The van der Waals surface area contributed by atoms with E-state index in [-0.39, 0.29) is 5.84 Å². The maximum atomic E-state index is 7.61. The quantitative estimate of drug-likeness (QED) is 0.654. The highest BCUT2D eigenvalue weighted by atomic mass is 32.2. The number of nitrogens with two attached hydrogens (primary N) is 1. The molecule has 7 heteroatoms. The lowest BCUT2D eigenvalue weighted by atomic mass is 10.1. The van der Waals surface area contributed by atoms with E-state index in [1.54, 1.807) is 5.51 Å². The lowest BCUT2D eigenvalue weighted by molar-refractivity contribution is 1.01. The second-order valence-electron chi connectivity index (χ2n) is 3.44. The van der Waals surface area contributed by atoms with E-state index in [0.29, 0.717) is 5.56 Å². The molecule has 0 saturated heterocycles. The number of hydrogen-bond donors (Lipinski definition) is 2. The number of nitrogens with zero attached hydrogens (tertiary/aromatic N) is 3. The molecular weight excluding hydrogens is 254 g/mol. The Hall–Kier alpha value is -1.47. The molecule has 3 N–H and O–H groups in total. The molecule has 2 aromatic heterocycles. The maximum Gasteiger partial charge on any atom is 0.178 e. The van der Waals surface area contributed by atoms with Crippen LogP contribution in [0.25, 0.3) is 0 Å². The SMILES string of the molecule is Cc1cc(Sc2nncs2)c(C(=N)N)c(C)n1. The Morgan fingerprint density at radius 3 is 2.82 bits per heavy atom. The van der Waals surface area contributed by atoms with Gasteiger partial charge in [0.1, 0.15) is 11.3 Å². The first-order valence-electron chi connectivity index (χ1n) is 4.84. The predicted octanol–water partition coefficient (Wildman–Crippen LogP) is 1.99. The highest BCUT2D eigenvalue weighted by Gasteiger charge is 2.13. The molecule has 0 atom stereocenters. The van der Waals surface area contributed by atoms with Crippen molar-refractivity contribution < 1.29 is 0 Å². The molecule has 17 heavy (non-hydrogen) atoms. The van der Waals surface area contributed by atoms with Crippen LogP contribution in [-0.2, 0) is 0 Å². The molecule has 0 aliphatic rings. The molecule has 0 radical (unpaired) electrons. The lowest BCUT2D eigenvalue weighted by Crippen LogP contribution is -2.15. The lowest BCUT2D eigenvalue weighted by Gasteiger charge is -2.10. The molecule has 2 aromatic rings. The van der Waals surface area contributed by atoms with Crippen LogP contribution in [0.4, 0.5) is 0 Å². The summed E-state index contributed by atoms with van der Waals surface area (Å²) in [5.74, 6) is 0.0296. The molecule has 0 aliphatic heterocycles. The summed E-state index contributed by atoms with van der Waals surface area (Å²) in [6.45, 7) is 3.77. The first kappa shape index (κ1) is 12.0. The molecular formula is C10H11N5S2. The molecule has 0 bridgehead atoms. The number of aryl methyl sites for hydroxylation is 2. The van der Waals surface area contributed by atoms with Gasteiger partial charge in [-0.3, -0.25) is 10.4 Å². The number of amidine groups is 1. The number of nitrogens with one attached hydrogen (secondary N) is 1. The minimum absolute atomic E-state index is 0.0296. The molecule has 0 unspecified atom stereocenters. The van der Waals surface area contributed by atoms with Gasteiger partial charge in [-0.05, 0) is 19.9 Å². The first-order valence-corrected chi connectivity index (χ1v) is 6.54. The van der Waals surface area contributed by atoms with E-state index >= 15 is 0 Å². The summed E-state index contributed by atoms with van der Waals surface area (Å²) >= 11 is 2.92. The van der Waals surface area contributed by atoms with Crippen molar-refractivity contribution in [1.29, 1.82) is 5.41 Å². The number of rotatable bonds is 3. The second-order valence-corrected chi connectivity index (χ2v) is 5.56. The summed E-state index contributed by atoms with van der Waals surface area (Å²) in [4.78, 5) is 5.22. The summed E-state index contributed by atoms with van der Waals surface area (Å²) in [5.41, 5.74) is 9.62. The highest BCUT2D eigenvalue weighted by molar-refractivity contribution is 8.01. The fourth-order valence-corrected chi connectivity index (χ4v) is 3.24. The van der Waals surface area contributed by atoms with Crippen LogP contribution in [0, 0.1) is 19.3 Å². The van der Waals surface area contributed by atoms with Gasteiger partial charge in [0.15, 0.2) is 4.34 Å². The molecule has 0 saturated carbocycles. The van der Waals surface area contributed by atoms with Crippen LogP contribution < -0.4 is 5.73 Å². The van der Waals surface area contributed by atoms with Gasteiger partial charge in [0.05, 0.1) is 5.56 Å². The Labute approximate surface area is 107 Å². The molecule has 0 aromatic carbocycles. The number of pyridine rings is 1. The minimum atomic E-state index is 0.0296. The van der Waals surface area contributed by atoms with Crippen LogP contribution >= 0.6 is 23.1 Å². The number of aromatic nitrogens is 3. The highest BCUT2D eigenvalue weighted by Crippen LogP contribution is 2.32. The van der Waals surface area contributed by atoms with Crippen molar-refractivity contribution in [1.82, 2.24) is 15.2 Å². The van der Waals surface area contributed by atoms with E-state index in [9.17, 15) is 0 Å². The standard InChI is InChI=1S/C10H11N5S2/c1-5-3-7(17-10-15-13-4-16-10)8(9(11)12)6(2)14-5/h3-4H,1-2H3,(H3,11,12). The Balaban J connectivity index is 2.47. The van der Waals surface area contributed by atoms with Crippen molar-refractivity contribution in [2.24, 2.45) is 5.73 Å². The monoisotopic (exact) mass is 265 g/mol. The van der Waals surface area contributed by atoms with Gasteiger partial charge in [-0.15, -0.1) is 10.2 Å². The summed E-state index contributed by atoms with van der Waals surface area (Å²) in [7, 11) is 0. The third kappa shape index (κ3) is 2.62. The average Bonchev–Trinajstić information content (AvgIpc) is 2.68. The second kappa shape index (κ2) is 4.80. The average molecular weight is 265 g/mol. The van der Waals surface area contributed by atoms with E-state index in [4.69, 9.17) is 11.1 Å². The van der Waals surface area contributed by atoms with Crippen LogP contribution in [0.1, 0.15) is 17.0 Å². The predicted molar refractivity (Wildman–Crippen MR) is 68.8 cm³/mol. The van der Waals surface area contributed by atoms with Crippen LogP contribution in [0.5, 0.6) is 0 Å². The van der Waals surface area contributed by atoms with Gasteiger partial charge in [-0.1, -0.05) is 23.1 Å². The summed E-state index contributed by atoms with van der Waals surface area (Å²) in [5, 5.41) is 15.4. The molecule has 0 spiro atoms. The Morgan fingerprint density at radius 2 is 2.24 bits per heavy atom. The third-order valence-electron chi connectivity index (χ3n) is 2.10. The fraction of sp³-hybridized carbons (Fsp3) is 0.200. The normalized spacial score (nSPS) is 10.5. The van der Waals surface area contributed by atoms with E-state index in [0.717, 1.165) is 20.6 Å². The molecule has 2 rings (SSSR count). The van der Waals surface area contributed by atoms with Gasteiger partial charge in [0.25, 0.3) is 0 Å². The molecule has 5 nitrogen and oxygen atoms in total. The van der Waals surface area contributed by atoms with Crippen LogP contribution in [0.2, 0.25) is 0 Å². The van der Waals surface area contributed by atoms with Gasteiger partial charge < -0.3 is 5.73 Å². The molecule has 0 aliphatic carbocycles. The van der Waals surface area contributed by atoms with Crippen molar-refractivity contribution in [2.45, 2.75) is 23.1 Å². The van der Waals surface area contributed by atoms with Crippen molar-refractivity contribution in [3.05, 3.63) is 28.5 Å². The van der Waals surface area contributed by atoms with Crippen molar-refractivity contribution in [2.75, 3.05) is 0 Å². The molecule has 88 valence electrons. The summed E-state index contributed by atoms with van der Waals surface area (Å²) < 4.78 is 0.831. The molecule has 0 fully saturated rings. The van der Waals surface area contributed by atoms with Gasteiger partial charge in [-0.2, -0.15) is 0 Å². The van der Waals surface area contributed by atoms with Crippen LogP contribution in [0.3, 0.4) is 0 Å². The Bertz CT molecular complexity index is 550. The molecule has 2 heterocycles. The third-order valence-corrected chi connectivity index (χ3v) is 3.92. The number of hydrogen-bond acceptors (Lipinski definition) is 6. The van der Waals surface area contributed by atoms with Crippen molar-refractivity contribution in [3.63, 3.8) is 0 Å². The van der Waals surface area contributed by atoms with Crippen LogP contribution in [0.15, 0.2) is 20.8 Å². The minimum Gasteiger partial charge on any atom is -0.384 e. The zero-order valence-corrected chi connectivity index (χ0v) is 11.0. The van der Waals surface area contributed by atoms with Gasteiger partial charge in [0.2, 0.25) is 0 Å². The zero-order valence-electron chi connectivity index (χ0n) is 9.39. The molecule has 0 amide bonds. The first-order chi connectivity index (χ1) is 8.08. The van der Waals surface area contributed by atoms with Crippen molar-refractivity contribution in [3.8, 4) is 0 Å². The maximum absolute atomic E-state index is 7.61. The van der Waals surface area contributed by atoms with E-state index in [1.807, 2.05) is 19.9 Å². The van der Waals surface area contributed by atoms with E-state index in [2.05, 4.69) is 15.2 Å². The van der Waals surface area contributed by atoms with Gasteiger partial charge >= 0.3 is 0 Å².